The van der Waals surface area contributed by atoms with Crippen molar-refractivity contribution in [1.82, 2.24) is 0 Å². The highest BCUT2D eigenvalue weighted by Gasteiger charge is 2.13. The highest BCUT2D eigenvalue weighted by Crippen LogP contribution is 2.29. The lowest BCUT2D eigenvalue weighted by Crippen LogP contribution is -2.01. The second kappa shape index (κ2) is 8.83. The molecule has 2 aromatic carbocycles. The molecule has 0 radical (unpaired) electrons. The molecule has 0 unspecified atom stereocenters. The van der Waals surface area contributed by atoms with Crippen LogP contribution >= 0.6 is 11.3 Å². The molecule has 0 aliphatic carbocycles. The molecule has 0 saturated carbocycles. The number of rotatable bonds is 8. The van der Waals surface area contributed by atoms with E-state index in [1.165, 1.54) is 12.3 Å². The summed E-state index contributed by atoms with van der Waals surface area (Å²) in [4.78, 5) is 0. The van der Waals surface area contributed by atoms with E-state index >= 15 is 0 Å². The molecule has 5 nitrogen and oxygen atoms in total. The maximum Gasteiger partial charge on any atom is 0.291 e. The van der Waals surface area contributed by atoms with Gasteiger partial charge in [0.15, 0.2) is 11.5 Å². The molecular formula is C20H19NO4S2. The minimum absolute atomic E-state index is 0.214. The molecule has 1 heterocycles. The third kappa shape index (κ3) is 5.18. The Bertz CT molecular complexity index is 998. The van der Waals surface area contributed by atoms with E-state index in [2.05, 4.69) is 4.40 Å². The molecule has 0 amide bonds. The van der Waals surface area contributed by atoms with Crippen LogP contribution in [0.1, 0.15) is 18.1 Å². The van der Waals surface area contributed by atoms with E-state index in [-0.39, 0.29) is 4.21 Å². The maximum atomic E-state index is 12.2. The van der Waals surface area contributed by atoms with Crippen molar-refractivity contribution in [3.05, 3.63) is 77.2 Å². The fraction of sp³-hybridized carbons (Fsp3) is 0.150. The van der Waals surface area contributed by atoms with Crippen molar-refractivity contribution >= 4 is 27.6 Å². The Morgan fingerprint density at radius 2 is 1.81 bits per heavy atom. The number of benzene rings is 2. The summed E-state index contributed by atoms with van der Waals surface area (Å²) < 4.78 is 39.8. The second-order valence-corrected chi connectivity index (χ2v) is 8.36. The van der Waals surface area contributed by atoms with Gasteiger partial charge in [-0.2, -0.15) is 12.8 Å². The zero-order chi connectivity index (χ0) is 19.1. The average Bonchev–Trinajstić information content (AvgIpc) is 3.23. The lowest BCUT2D eigenvalue weighted by Gasteiger charge is -2.12. The highest BCUT2D eigenvalue weighted by molar-refractivity contribution is 7.92. The third-order valence-electron chi connectivity index (χ3n) is 3.59. The van der Waals surface area contributed by atoms with E-state index in [1.807, 2.05) is 37.3 Å². The summed E-state index contributed by atoms with van der Waals surface area (Å²) in [6.07, 6.45) is 1.32. The van der Waals surface area contributed by atoms with E-state index < -0.39 is 10.0 Å². The van der Waals surface area contributed by atoms with Crippen LogP contribution in [0.5, 0.6) is 11.5 Å². The normalized spacial score (nSPS) is 11.6. The Labute approximate surface area is 163 Å². The number of sulfonamides is 1. The number of nitrogens with zero attached hydrogens (tertiary/aromatic N) is 1. The quantitative estimate of drug-likeness (QED) is 0.520. The smallest absolute Gasteiger partial charge is 0.291 e. The van der Waals surface area contributed by atoms with E-state index in [9.17, 15) is 8.42 Å². The van der Waals surface area contributed by atoms with Gasteiger partial charge in [-0.15, -0.1) is 11.3 Å². The summed E-state index contributed by atoms with van der Waals surface area (Å²) in [5.74, 6) is 1.14. The minimum atomic E-state index is -3.68. The number of thiophene rings is 1. The van der Waals surface area contributed by atoms with Crippen molar-refractivity contribution in [3.63, 3.8) is 0 Å². The average molecular weight is 402 g/mol. The second-order valence-electron chi connectivity index (χ2n) is 5.56. The lowest BCUT2D eigenvalue weighted by atomic mass is 10.2. The van der Waals surface area contributed by atoms with Crippen molar-refractivity contribution < 1.29 is 17.9 Å². The predicted octanol–water partition coefficient (Wildman–Crippen LogP) is 4.53. The molecule has 7 heteroatoms. The maximum absolute atomic E-state index is 12.2. The van der Waals surface area contributed by atoms with Crippen LogP contribution in [0.15, 0.2) is 74.7 Å². The van der Waals surface area contributed by atoms with Gasteiger partial charge in [0.25, 0.3) is 10.0 Å². The number of hydrogen-bond donors (Lipinski definition) is 0. The fourth-order valence-electron chi connectivity index (χ4n) is 2.32. The molecule has 0 aliphatic heterocycles. The van der Waals surface area contributed by atoms with Gasteiger partial charge in [0.1, 0.15) is 10.8 Å². The summed E-state index contributed by atoms with van der Waals surface area (Å²) in [5.41, 5.74) is 1.67. The monoisotopic (exact) mass is 401 g/mol. The van der Waals surface area contributed by atoms with Gasteiger partial charge >= 0.3 is 0 Å². The van der Waals surface area contributed by atoms with Gasteiger partial charge in [-0.25, -0.2) is 0 Å². The van der Waals surface area contributed by atoms with Gasteiger partial charge in [-0.3, -0.25) is 0 Å². The first-order valence-electron chi connectivity index (χ1n) is 8.36. The summed E-state index contributed by atoms with van der Waals surface area (Å²) >= 11 is 1.14. The lowest BCUT2D eigenvalue weighted by molar-refractivity contribution is 0.269. The fourth-order valence-corrected chi connectivity index (χ4v) is 4.17. The molecule has 0 saturated heterocycles. The minimum Gasteiger partial charge on any atom is -0.490 e. The Hall–Kier alpha value is -2.64. The molecule has 0 aliphatic rings. The van der Waals surface area contributed by atoms with E-state index in [4.69, 9.17) is 9.47 Å². The van der Waals surface area contributed by atoms with Crippen LogP contribution < -0.4 is 9.47 Å². The molecular weight excluding hydrogens is 382 g/mol. The number of hydrogen-bond acceptors (Lipinski definition) is 5. The summed E-state index contributed by atoms with van der Waals surface area (Å²) in [5, 5.41) is 1.70. The van der Waals surface area contributed by atoms with Gasteiger partial charge in [0.05, 0.1) is 6.61 Å². The molecule has 140 valence electrons. The van der Waals surface area contributed by atoms with E-state index in [0.717, 1.165) is 16.9 Å². The summed E-state index contributed by atoms with van der Waals surface area (Å²) in [7, 11) is -3.68. The van der Waals surface area contributed by atoms with Crippen molar-refractivity contribution in [2.45, 2.75) is 17.7 Å². The zero-order valence-corrected chi connectivity index (χ0v) is 16.4. The zero-order valence-electron chi connectivity index (χ0n) is 14.7. The number of ether oxygens (including phenoxy) is 2. The van der Waals surface area contributed by atoms with E-state index in [0.29, 0.717) is 30.3 Å². The Morgan fingerprint density at radius 1 is 1.00 bits per heavy atom. The van der Waals surface area contributed by atoms with Crippen molar-refractivity contribution in [2.24, 2.45) is 4.40 Å². The molecule has 0 bridgehead atoms. The Balaban J connectivity index is 1.77. The van der Waals surface area contributed by atoms with Gasteiger partial charge in [0.2, 0.25) is 0 Å². The first-order chi connectivity index (χ1) is 13.1. The van der Waals surface area contributed by atoms with Crippen molar-refractivity contribution in [2.75, 3.05) is 6.61 Å². The molecule has 0 atom stereocenters. The Morgan fingerprint density at radius 3 is 2.52 bits per heavy atom. The molecule has 3 rings (SSSR count). The summed E-state index contributed by atoms with van der Waals surface area (Å²) in [6, 6.07) is 18.3. The third-order valence-corrected chi connectivity index (χ3v) is 6.20. The molecule has 27 heavy (non-hydrogen) atoms. The van der Waals surface area contributed by atoms with Crippen LogP contribution in [0.3, 0.4) is 0 Å². The van der Waals surface area contributed by atoms with Crippen LogP contribution in [0.25, 0.3) is 0 Å². The first kappa shape index (κ1) is 19.1. The van der Waals surface area contributed by atoms with E-state index in [1.54, 1.807) is 29.6 Å². The highest BCUT2D eigenvalue weighted by atomic mass is 32.2. The molecule has 3 aromatic rings. The van der Waals surface area contributed by atoms with Crippen LogP contribution in [0.4, 0.5) is 0 Å². The van der Waals surface area contributed by atoms with Crippen molar-refractivity contribution in [3.8, 4) is 11.5 Å². The molecule has 0 N–H and O–H groups in total. The molecule has 1 aromatic heterocycles. The van der Waals surface area contributed by atoms with Crippen LogP contribution in [0.2, 0.25) is 0 Å². The van der Waals surface area contributed by atoms with Gasteiger partial charge in [0, 0.05) is 6.21 Å². The van der Waals surface area contributed by atoms with Crippen LogP contribution in [-0.2, 0) is 16.6 Å². The standard InChI is InChI=1S/C20H19NO4S2/c1-2-24-19-13-17(14-21-27(22,23)20-9-6-12-26-20)10-11-18(19)25-15-16-7-4-3-5-8-16/h3-14H,2,15H2,1H3/b21-14-. The summed E-state index contributed by atoms with van der Waals surface area (Å²) in [6.45, 7) is 2.76. The molecule has 0 spiro atoms. The largest absolute Gasteiger partial charge is 0.490 e. The van der Waals surface area contributed by atoms with Crippen LogP contribution in [-0.4, -0.2) is 21.2 Å². The SMILES string of the molecule is CCOc1cc(/C=N\S(=O)(=O)c2cccs2)ccc1OCc1ccccc1. The topological polar surface area (TPSA) is 65.0 Å². The predicted molar refractivity (Wildman–Crippen MR) is 107 cm³/mol. The first-order valence-corrected chi connectivity index (χ1v) is 10.7. The van der Waals surface area contributed by atoms with Crippen molar-refractivity contribution in [1.29, 1.82) is 0 Å². The van der Waals surface area contributed by atoms with Crippen LogP contribution in [0, 0.1) is 0 Å². The van der Waals surface area contributed by atoms with Gasteiger partial charge in [-0.1, -0.05) is 36.4 Å². The molecule has 0 fully saturated rings. The van der Waals surface area contributed by atoms with Gasteiger partial charge < -0.3 is 9.47 Å². The van der Waals surface area contributed by atoms with Gasteiger partial charge in [-0.05, 0) is 47.7 Å². The Kier molecular flexibility index (Phi) is 6.26.